The highest BCUT2D eigenvalue weighted by Gasteiger charge is 2.15. The van der Waals surface area contributed by atoms with E-state index in [0.29, 0.717) is 28.8 Å². The summed E-state index contributed by atoms with van der Waals surface area (Å²) in [5.41, 5.74) is 2.26. The van der Waals surface area contributed by atoms with Gasteiger partial charge in [-0.1, -0.05) is 47.1 Å². The van der Waals surface area contributed by atoms with Crippen LogP contribution in [0.3, 0.4) is 0 Å². The highest BCUT2D eigenvalue weighted by Crippen LogP contribution is 2.31. The molecule has 23 heavy (non-hydrogen) atoms. The second-order valence-electron chi connectivity index (χ2n) is 5.13. The van der Waals surface area contributed by atoms with Gasteiger partial charge in [0.05, 0.1) is 6.54 Å². The van der Waals surface area contributed by atoms with Crippen LogP contribution in [0.1, 0.15) is 28.9 Å². The van der Waals surface area contributed by atoms with Gasteiger partial charge < -0.3 is 14.9 Å². The van der Waals surface area contributed by atoms with Crippen LogP contribution in [0.25, 0.3) is 0 Å². The molecule has 0 unspecified atom stereocenters. The van der Waals surface area contributed by atoms with E-state index >= 15 is 0 Å². The monoisotopic (exact) mass is 329 g/mol. The second kappa shape index (κ2) is 6.81. The number of anilines is 1. The van der Waals surface area contributed by atoms with E-state index in [4.69, 9.17) is 16.1 Å². The predicted molar refractivity (Wildman–Crippen MR) is 88.3 cm³/mol. The van der Waals surface area contributed by atoms with Gasteiger partial charge in [-0.3, -0.25) is 0 Å². The van der Waals surface area contributed by atoms with Gasteiger partial charge in [0.25, 0.3) is 0 Å². The Bertz CT molecular complexity index is 790. The van der Waals surface area contributed by atoms with Crippen molar-refractivity contribution in [2.45, 2.75) is 19.6 Å². The first kappa shape index (κ1) is 15.5. The van der Waals surface area contributed by atoms with E-state index in [0.717, 1.165) is 11.3 Å². The minimum atomic E-state index is -0.776. The van der Waals surface area contributed by atoms with Gasteiger partial charge in [0.15, 0.2) is 5.82 Å². The van der Waals surface area contributed by atoms with Crippen molar-refractivity contribution in [3.63, 3.8) is 0 Å². The Morgan fingerprint density at radius 2 is 2.00 bits per heavy atom. The first-order chi connectivity index (χ1) is 11.1. The Hall–Kier alpha value is -2.37. The zero-order valence-electron chi connectivity index (χ0n) is 12.5. The van der Waals surface area contributed by atoms with Crippen molar-refractivity contribution in [3.05, 3.63) is 76.4 Å². The number of hydrogen-bond acceptors (Lipinski definition) is 5. The Balaban J connectivity index is 1.85. The summed E-state index contributed by atoms with van der Waals surface area (Å²) in [6.07, 6.45) is -0.776. The molecule has 0 saturated carbocycles. The first-order valence-corrected chi connectivity index (χ1v) is 7.57. The molecular formula is C17H16ClN3O2. The average Bonchev–Trinajstić information content (AvgIpc) is 2.99. The van der Waals surface area contributed by atoms with Crippen molar-refractivity contribution in [2.75, 3.05) is 5.32 Å². The maximum atomic E-state index is 10.6. The van der Waals surface area contributed by atoms with Crippen LogP contribution in [-0.4, -0.2) is 15.2 Å². The van der Waals surface area contributed by atoms with E-state index in [-0.39, 0.29) is 0 Å². The maximum Gasteiger partial charge on any atom is 0.245 e. The number of aliphatic hydroxyl groups excluding tert-OH is 1. The molecule has 0 aliphatic heterocycles. The smallest absolute Gasteiger partial charge is 0.245 e. The van der Waals surface area contributed by atoms with Gasteiger partial charge >= 0.3 is 0 Å². The van der Waals surface area contributed by atoms with Crippen molar-refractivity contribution >= 4 is 17.3 Å². The lowest BCUT2D eigenvalue weighted by atomic mass is 10.00. The van der Waals surface area contributed by atoms with Crippen LogP contribution in [0, 0.1) is 6.92 Å². The van der Waals surface area contributed by atoms with Gasteiger partial charge in [-0.25, -0.2) is 0 Å². The van der Waals surface area contributed by atoms with E-state index in [9.17, 15) is 5.11 Å². The molecule has 2 aromatic carbocycles. The zero-order valence-corrected chi connectivity index (χ0v) is 13.3. The molecule has 3 aromatic rings. The van der Waals surface area contributed by atoms with Crippen molar-refractivity contribution in [3.8, 4) is 0 Å². The normalized spacial score (nSPS) is 12.1. The fraction of sp³-hybridized carbons (Fsp3) is 0.176. The highest BCUT2D eigenvalue weighted by molar-refractivity contribution is 6.30. The number of hydrogen-bond donors (Lipinski definition) is 2. The van der Waals surface area contributed by atoms with Gasteiger partial charge in [0, 0.05) is 16.3 Å². The van der Waals surface area contributed by atoms with Gasteiger partial charge in [-0.15, -0.1) is 0 Å². The number of benzene rings is 2. The topological polar surface area (TPSA) is 71.2 Å². The third-order valence-electron chi connectivity index (χ3n) is 3.42. The fourth-order valence-electron chi connectivity index (χ4n) is 2.32. The first-order valence-electron chi connectivity index (χ1n) is 7.19. The summed E-state index contributed by atoms with van der Waals surface area (Å²) in [6.45, 7) is 2.14. The van der Waals surface area contributed by atoms with Crippen LogP contribution in [0.5, 0.6) is 0 Å². The highest BCUT2D eigenvalue weighted by atomic mass is 35.5. The van der Waals surface area contributed by atoms with Crippen molar-refractivity contribution < 1.29 is 9.63 Å². The van der Waals surface area contributed by atoms with Crippen molar-refractivity contribution in [2.24, 2.45) is 0 Å². The molecule has 2 N–H and O–H groups in total. The summed E-state index contributed by atoms with van der Waals surface area (Å²) in [4.78, 5) is 4.15. The Morgan fingerprint density at radius 1 is 1.22 bits per heavy atom. The molecular weight excluding hydrogens is 314 g/mol. The summed E-state index contributed by atoms with van der Waals surface area (Å²) in [6, 6.07) is 14.8. The lowest BCUT2D eigenvalue weighted by Gasteiger charge is -2.17. The molecule has 0 aliphatic rings. The quantitative estimate of drug-likeness (QED) is 0.746. The molecule has 6 heteroatoms. The molecule has 0 amide bonds. The molecule has 0 fully saturated rings. The molecule has 0 radical (unpaired) electrons. The Morgan fingerprint density at radius 3 is 2.70 bits per heavy atom. The molecule has 0 spiro atoms. The summed E-state index contributed by atoms with van der Waals surface area (Å²) >= 11 is 6.09. The molecule has 5 nitrogen and oxygen atoms in total. The Labute approximate surface area is 138 Å². The number of nitrogens with one attached hydrogen (secondary N) is 1. The van der Waals surface area contributed by atoms with E-state index in [1.54, 1.807) is 19.1 Å². The summed E-state index contributed by atoms with van der Waals surface area (Å²) in [7, 11) is 0. The fourth-order valence-corrected chi connectivity index (χ4v) is 2.50. The molecule has 1 heterocycles. The van der Waals surface area contributed by atoms with E-state index in [1.807, 2.05) is 36.4 Å². The second-order valence-corrected chi connectivity index (χ2v) is 5.57. The number of nitrogens with zero attached hydrogens (tertiary/aromatic N) is 2. The standard InChI is InChI=1S/C17H16ClN3O2/c1-11-20-16(23-21-11)10-19-15-8-7-13(18)9-14(15)17(22)12-5-3-2-4-6-12/h2-9,17,19,22H,10H2,1H3/t17-/m1/s1. The Kier molecular flexibility index (Phi) is 4.60. The van der Waals surface area contributed by atoms with E-state index in [1.165, 1.54) is 0 Å². The van der Waals surface area contributed by atoms with Crippen LogP contribution in [0.2, 0.25) is 5.02 Å². The number of aryl methyl sites for hydroxylation is 1. The molecule has 118 valence electrons. The maximum absolute atomic E-state index is 10.6. The molecule has 0 bridgehead atoms. The molecule has 1 aromatic heterocycles. The lowest BCUT2D eigenvalue weighted by molar-refractivity contribution is 0.221. The number of aliphatic hydroxyl groups is 1. The van der Waals surface area contributed by atoms with Crippen molar-refractivity contribution in [1.82, 2.24) is 10.1 Å². The van der Waals surface area contributed by atoms with Gasteiger partial charge in [-0.05, 0) is 30.7 Å². The molecule has 1 atom stereocenters. The predicted octanol–water partition coefficient (Wildman–Crippen LogP) is 3.73. The van der Waals surface area contributed by atoms with Gasteiger partial charge in [-0.2, -0.15) is 4.98 Å². The van der Waals surface area contributed by atoms with Crippen molar-refractivity contribution in [1.29, 1.82) is 0 Å². The third kappa shape index (κ3) is 3.70. The minimum absolute atomic E-state index is 0.372. The molecule has 0 aliphatic carbocycles. The van der Waals surface area contributed by atoms with Crippen LogP contribution in [0.15, 0.2) is 53.1 Å². The molecule has 0 saturated heterocycles. The summed E-state index contributed by atoms with van der Waals surface area (Å²) < 4.78 is 5.08. The SMILES string of the molecule is Cc1noc(CNc2ccc(Cl)cc2[C@H](O)c2ccccc2)n1. The number of rotatable bonds is 5. The zero-order chi connectivity index (χ0) is 16.2. The van der Waals surface area contributed by atoms with Gasteiger partial charge in [0.1, 0.15) is 6.10 Å². The van der Waals surface area contributed by atoms with Gasteiger partial charge in [0.2, 0.25) is 5.89 Å². The van der Waals surface area contributed by atoms with Crippen LogP contribution < -0.4 is 5.32 Å². The summed E-state index contributed by atoms with van der Waals surface area (Å²) in [5, 5.41) is 18.2. The van der Waals surface area contributed by atoms with Crippen LogP contribution >= 0.6 is 11.6 Å². The van der Waals surface area contributed by atoms with Crippen LogP contribution in [-0.2, 0) is 6.54 Å². The third-order valence-corrected chi connectivity index (χ3v) is 3.66. The average molecular weight is 330 g/mol. The largest absolute Gasteiger partial charge is 0.384 e. The van der Waals surface area contributed by atoms with E-state index in [2.05, 4.69) is 15.5 Å². The minimum Gasteiger partial charge on any atom is -0.384 e. The number of halogens is 1. The van der Waals surface area contributed by atoms with E-state index < -0.39 is 6.10 Å². The van der Waals surface area contributed by atoms with Crippen LogP contribution in [0.4, 0.5) is 5.69 Å². The molecule has 3 rings (SSSR count). The summed E-state index contributed by atoms with van der Waals surface area (Å²) in [5.74, 6) is 1.07. The number of aromatic nitrogens is 2. The lowest BCUT2D eigenvalue weighted by Crippen LogP contribution is -2.07.